The van der Waals surface area contributed by atoms with Crippen molar-refractivity contribution in [1.29, 1.82) is 0 Å². The second-order valence-electron chi connectivity index (χ2n) is 6.04. The summed E-state index contributed by atoms with van der Waals surface area (Å²) in [6.07, 6.45) is 1.84. The molecule has 0 radical (unpaired) electrons. The van der Waals surface area contributed by atoms with Gasteiger partial charge in [0.1, 0.15) is 5.82 Å². The van der Waals surface area contributed by atoms with Crippen LogP contribution in [-0.2, 0) is 16.4 Å². The minimum Gasteiger partial charge on any atom is -0.494 e. The van der Waals surface area contributed by atoms with Crippen molar-refractivity contribution in [2.75, 3.05) is 13.7 Å². The van der Waals surface area contributed by atoms with Gasteiger partial charge in [0.05, 0.1) is 12.0 Å². The normalized spacial score (nSPS) is 18.4. The lowest BCUT2D eigenvalue weighted by atomic mass is 10.0. The van der Waals surface area contributed by atoms with Gasteiger partial charge in [-0.3, -0.25) is 0 Å². The lowest BCUT2D eigenvalue weighted by Crippen LogP contribution is -2.36. The van der Waals surface area contributed by atoms with Gasteiger partial charge in [0, 0.05) is 12.6 Å². The molecule has 1 heterocycles. The fourth-order valence-electron chi connectivity index (χ4n) is 3.21. The zero-order chi connectivity index (χ0) is 18.0. The third kappa shape index (κ3) is 3.67. The molecule has 7 heteroatoms. The summed E-state index contributed by atoms with van der Waals surface area (Å²) in [7, 11) is -2.50. The first kappa shape index (κ1) is 17.8. The van der Waals surface area contributed by atoms with Crippen molar-refractivity contribution < 1.29 is 21.9 Å². The van der Waals surface area contributed by atoms with E-state index in [0.717, 1.165) is 18.1 Å². The molecule has 1 aliphatic rings. The molecule has 1 aliphatic heterocycles. The third-order valence-electron chi connectivity index (χ3n) is 4.41. The molecule has 3 rings (SSSR count). The molecule has 2 aromatic rings. The number of nitrogens with zero attached hydrogens (tertiary/aromatic N) is 1. The quantitative estimate of drug-likeness (QED) is 0.814. The molecule has 1 fully saturated rings. The van der Waals surface area contributed by atoms with Crippen LogP contribution in [0.25, 0.3) is 0 Å². The molecule has 2 aromatic carbocycles. The minimum atomic E-state index is -3.82. The number of hydrogen-bond donors (Lipinski definition) is 0. The third-order valence-corrected chi connectivity index (χ3v) is 6.36. The maximum Gasteiger partial charge on any atom is 0.243 e. The summed E-state index contributed by atoms with van der Waals surface area (Å²) >= 11 is 0. The molecule has 4 nitrogen and oxygen atoms in total. The number of hydrogen-bond acceptors (Lipinski definition) is 3. The number of sulfonamides is 1. The molecule has 0 N–H and O–H groups in total. The fourth-order valence-corrected chi connectivity index (χ4v) is 4.91. The molecule has 0 bridgehead atoms. The Morgan fingerprint density at radius 3 is 2.68 bits per heavy atom. The highest BCUT2D eigenvalue weighted by molar-refractivity contribution is 7.89. The van der Waals surface area contributed by atoms with Crippen LogP contribution in [0.4, 0.5) is 8.78 Å². The number of ether oxygens (including phenoxy) is 1. The van der Waals surface area contributed by atoms with E-state index in [-0.39, 0.29) is 22.5 Å². The predicted molar refractivity (Wildman–Crippen MR) is 90.0 cm³/mol. The van der Waals surface area contributed by atoms with Gasteiger partial charge in [-0.2, -0.15) is 4.31 Å². The van der Waals surface area contributed by atoms with Crippen LogP contribution in [-0.4, -0.2) is 32.4 Å². The Balaban J connectivity index is 1.86. The van der Waals surface area contributed by atoms with E-state index in [0.29, 0.717) is 19.4 Å². The van der Waals surface area contributed by atoms with Gasteiger partial charge in [-0.1, -0.05) is 12.1 Å². The lowest BCUT2D eigenvalue weighted by Gasteiger charge is -2.24. The van der Waals surface area contributed by atoms with Crippen LogP contribution < -0.4 is 4.74 Å². The molecule has 0 aliphatic carbocycles. The number of methoxy groups -OCH3 is 1. The Morgan fingerprint density at radius 1 is 1.20 bits per heavy atom. The van der Waals surface area contributed by atoms with E-state index < -0.39 is 15.8 Å². The standard InChI is InChI=1S/C18H19F2NO3S/c1-24-18-8-7-16(12-17(18)20)25(22,23)21-9-3-6-15(21)11-13-4-2-5-14(19)10-13/h2,4-5,7-8,10,12,15H,3,6,9,11H2,1H3. The van der Waals surface area contributed by atoms with Crippen LogP contribution in [0.2, 0.25) is 0 Å². The first-order valence-electron chi connectivity index (χ1n) is 8.01. The second-order valence-corrected chi connectivity index (χ2v) is 7.93. The fraction of sp³-hybridized carbons (Fsp3) is 0.333. The minimum absolute atomic E-state index is 0.00307. The maximum atomic E-state index is 13.9. The van der Waals surface area contributed by atoms with E-state index in [1.165, 1.54) is 35.7 Å². The number of benzene rings is 2. The summed E-state index contributed by atoms with van der Waals surface area (Å²) in [6, 6.07) is 9.51. The van der Waals surface area contributed by atoms with E-state index in [9.17, 15) is 17.2 Å². The van der Waals surface area contributed by atoms with Crippen LogP contribution in [0, 0.1) is 11.6 Å². The SMILES string of the molecule is COc1ccc(S(=O)(=O)N2CCCC2Cc2cccc(F)c2)cc1F. The monoisotopic (exact) mass is 367 g/mol. The molecule has 1 atom stereocenters. The summed E-state index contributed by atoms with van der Waals surface area (Å²) in [5, 5.41) is 0. The summed E-state index contributed by atoms with van der Waals surface area (Å²) < 4.78 is 59.3. The van der Waals surface area contributed by atoms with Crippen molar-refractivity contribution in [2.45, 2.75) is 30.2 Å². The molecule has 0 saturated carbocycles. The maximum absolute atomic E-state index is 13.9. The summed E-state index contributed by atoms with van der Waals surface area (Å²) in [5.41, 5.74) is 0.744. The van der Waals surface area contributed by atoms with Gasteiger partial charge in [-0.15, -0.1) is 0 Å². The van der Waals surface area contributed by atoms with Gasteiger partial charge in [0.25, 0.3) is 0 Å². The van der Waals surface area contributed by atoms with Crippen molar-refractivity contribution in [3.63, 3.8) is 0 Å². The topological polar surface area (TPSA) is 46.6 Å². The van der Waals surface area contributed by atoms with Gasteiger partial charge in [0.15, 0.2) is 11.6 Å². The Bertz CT molecular complexity index is 870. The molecular weight excluding hydrogens is 348 g/mol. The second kappa shape index (κ2) is 7.09. The largest absolute Gasteiger partial charge is 0.494 e. The van der Waals surface area contributed by atoms with Crippen molar-refractivity contribution in [3.05, 3.63) is 59.7 Å². The van der Waals surface area contributed by atoms with Crippen molar-refractivity contribution >= 4 is 10.0 Å². The number of rotatable bonds is 5. The molecular formula is C18H19F2NO3S. The summed E-state index contributed by atoms with van der Waals surface area (Å²) in [5.74, 6) is -1.07. The molecule has 25 heavy (non-hydrogen) atoms. The smallest absolute Gasteiger partial charge is 0.243 e. The lowest BCUT2D eigenvalue weighted by molar-refractivity contribution is 0.380. The Kier molecular flexibility index (Phi) is 5.06. The average Bonchev–Trinajstić information content (AvgIpc) is 3.03. The van der Waals surface area contributed by atoms with Gasteiger partial charge < -0.3 is 4.74 Å². The van der Waals surface area contributed by atoms with Crippen LogP contribution in [0.1, 0.15) is 18.4 Å². The van der Waals surface area contributed by atoms with Crippen LogP contribution in [0.5, 0.6) is 5.75 Å². The molecule has 134 valence electrons. The highest BCUT2D eigenvalue weighted by Crippen LogP contribution is 2.30. The van der Waals surface area contributed by atoms with Crippen molar-refractivity contribution in [1.82, 2.24) is 4.31 Å². The van der Waals surface area contributed by atoms with E-state index in [1.54, 1.807) is 12.1 Å². The van der Waals surface area contributed by atoms with E-state index in [1.807, 2.05) is 0 Å². The van der Waals surface area contributed by atoms with Crippen molar-refractivity contribution in [3.8, 4) is 5.75 Å². The van der Waals surface area contributed by atoms with Gasteiger partial charge in [-0.25, -0.2) is 17.2 Å². The first-order valence-corrected chi connectivity index (χ1v) is 9.45. The van der Waals surface area contributed by atoms with Crippen LogP contribution >= 0.6 is 0 Å². The summed E-state index contributed by atoms with van der Waals surface area (Å²) in [6.45, 7) is 0.371. The molecule has 0 aromatic heterocycles. The summed E-state index contributed by atoms with van der Waals surface area (Å²) in [4.78, 5) is -0.100. The predicted octanol–water partition coefficient (Wildman–Crippen LogP) is 3.37. The van der Waals surface area contributed by atoms with E-state index in [4.69, 9.17) is 4.74 Å². The Labute approximate surface area is 146 Å². The zero-order valence-electron chi connectivity index (χ0n) is 13.8. The number of halogens is 2. The highest BCUT2D eigenvalue weighted by atomic mass is 32.2. The van der Waals surface area contributed by atoms with Gasteiger partial charge in [0.2, 0.25) is 10.0 Å². The highest BCUT2D eigenvalue weighted by Gasteiger charge is 2.35. The molecule has 0 amide bonds. The first-order chi connectivity index (χ1) is 11.9. The molecule has 1 unspecified atom stereocenters. The van der Waals surface area contributed by atoms with Gasteiger partial charge in [-0.05, 0) is 55.2 Å². The van der Waals surface area contributed by atoms with Crippen LogP contribution in [0.15, 0.2) is 47.4 Å². The van der Waals surface area contributed by atoms with Crippen molar-refractivity contribution in [2.24, 2.45) is 0 Å². The molecule has 0 spiro atoms. The van der Waals surface area contributed by atoms with E-state index in [2.05, 4.69) is 0 Å². The van der Waals surface area contributed by atoms with E-state index >= 15 is 0 Å². The Hall–Kier alpha value is -1.99. The van der Waals surface area contributed by atoms with Crippen LogP contribution in [0.3, 0.4) is 0 Å². The zero-order valence-corrected chi connectivity index (χ0v) is 14.6. The van der Waals surface area contributed by atoms with Gasteiger partial charge >= 0.3 is 0 Å². The Morgan fingerprint density at radius 2 is 2.00 bits per heavy atom. The average molecular weight is 367 g/mol. The molecule has 1 saturated heterocycles.